The summed E-state index contributed by atoms with van der Waals surface area (Å²) in [4.78, 5) is 25.8. The third kappa shape index (κ3) is 2.56. The van der Waals surface area contributed by atoms with Crippen molar-refractivity contribution in [3.63, 3.8) is 0 Å². The minimum atomic E-state index is 0.00508. The molecule has 1 atom stereocenters. The van der Waals surface area contributed by atoms with Crippen molar-refractivity contribution in [3.05, 3.63) is 21.9 Å². The van der Waals surface area contributed by atoms with Gasteiger partial charge in [0.25, 0.3) is 5.91 Å². The molecule has 2 rings (SSSR count). The van der Waals surface area contributed by atoms with Gasteiger partial charge < -0.3 is 10.2 Å². The molecule has 1 N–H and O–H groups in total. The zero-order valence-corrected chi connectivity index (χ0v) is 10.8. The minimum Gasteiger partial charge on any atom is -0.337 e. The first kappa shape index (κ1) is 12.3. The van der Waals surface area contributed by atoms with Crippen LogP contribution in [0.4, 0.5) is 0 Å². The van der Waals surface area contributed by atoms with Crippen molar-refractivity contribution in [3.8, 4) is 0 Å². The molecular formula is C12H16N2O2S. The van der Waals surface area contributed by atoms with E-state index in [-0.39, 0.29) is 17.7 Å². The molecule has 1 saturated heterocycles. The lowest BCUT2D eigenvalue weighted by molar-refractivity contribution is 0.0748. The highest BCUT2D eigenvalue weighted by Gasteiger charge is 2.25. The second-order valence-electron chi connectivity index (χ2n) is 4.32. The molecule has 5 heteroatoms. The van der Waals surface area contributed by atoms with E-state index < -0.39 is 0 Å². The molecule has 0 aliphatic carbocycles. The number of carbonyl (C=O) groups is 2. The van der Waals surface area contributed by atoms with Gasteiger partial charge in [-0.3, -0.25) is 9.59 Å². The number of rotatable bonds is 3. The Morgan fingerprint density at radius 2 is 2.29 bits per heavy atom. The van der Waals surface area contributed by atoms with Crippen LogP contribution in [0.1, 0.15) is 33.4 Å². The maximum atomic E-state index is 12.2. The largest absolute Gasteiger partial charge is 0.337 e. The van der Waals surface area contributed by atoms with Crippen LogP contribution < -0.4 is 5.32 Å². The zero-order valence-electron chi connectivity index (χ0n) is 10.0. The Bertz CT molecular complexity index is 435. The Morgan fingerprint density at radius 1 is 1.53 bits per heavy atom. The van der Waals surface area contributed by atoms with E-state index in [1.54, 1.807) is 16.3 Å². The molecule has 1 aromatic rings. The predicted octanol–water partition coefficient (Wildman–Crippen LogP) is 1.38. The van der Waals surface area contributed by atoms with Gasteiger partial charge in [-0.05, 0) is 26.0 Å². The van der Waals surface area contributed by atoms with E-state index >= 15 is 0 Å². The number of carbonyl (C=O) groups excluding carboxylic acids is 2. The maximum Gasteiger partial charge on any atom is 0.263 e. The van der Waals surface area contributed by atoms with Gasteiger partial charge in [0.15, 0.2) is 5.78 Å². The molecule has 0 saturated carbocycles. The van der Waals surface area contributed by atoms with Crippen LogP contribution >= 0.6 is 11.3 Å². The van der Waals surface area contributed by atoms with E-state index in [1.807, 2.05) is 7.05 Å². The van der Waals surface area contributed by atoms with E-state index in [0.29, 0.717) is 10.4 Å². The second-order valence-corrected chi connectivity index (χ2v) is 5.23. The summed E-state index contributed by atoms with van der Waals surface area (Å²) in [5.41, 5.74) is 0.622. The Labute approximate surface area is 105 Å². The van der Waals surface area contributed by atoms with Crippen molar-refractivity contribution in [1.82, 2.24) is 10.2 Å². The first-order chi connectivity index (χ1) is 8.09. The molecule has 4 nitrogen and oxygen atoms in total. The molecule has 92 valence electrons. The average Bonchev–Trinajstić information content (AvgIpc) is 2.97. The molecule has 1 amide bonds. The van der Waals surface area contributed by atoms with Crippen LogP contribution in [0.3, 0.4) is 0 Å². The van der Waals surface area contributed by atoms with Gasteiger partial charge in [0.1, 0.15) is 0 Å². The number of thiophene rings is 1. The lowest BCUT2D eigenvalue weighted by Gasteiger charge is -2.22. The fourth-order valence-electron chi connectivity index (χ4n) is 1.94. The van der Waals surface area contributed by atoms with Gasteiger partial charge in [-0.2, -0.15) is 0 Å². The highest BCUT2D eigenvalue weighted by Crippen LogP contribution is 2.19. The highest BCUT2D eigenvalue weighted by atomic mass is 32.1. The number of hydrogen-bond donors (Lipinski definition) is 1. The first-order valence-electron chi connectivity index (χ1n) is 5.67. The van der Waals surface area contributed by atoms with Crippen molar-refractivity contribution in [2.24, 2.45) is 0 Å². The topological polar surface area (TPSA) is 49.4 Å². The summed E-state index contributed by atoms with van der Waals surface area (Å²) >= 11 is 1.34. The Kier molecular flexibility index (Phi) is 3.59. The molecule has 2 heterocycles. The second kappa shape index (κ2) is 4.98. The van der Waals surface area contributed by atoms with Crippen LogP contribution in [0.15, 0.2) is 11.4 Å². The Hall–Kier alpha value is -1.20. The van der Waals surface area contributed by atoms with Crippen LogP contribution in [0.5, 0.6) is 0 Å². The van der Waals surface area contributed by atoms with E-state index in [0.717, 1.165) is 19.5 Å². The predicted molar refractivity (Wildman–Crippen MR) is 67.7 cm³/mol. The molecule has 1 fully saturated rings. The highest BCUT2D eigenvalue weighted by molar-refractivity contribution is 7.12. The molecule has 1 aliphatic rings. The lowest BCUT2D eigenvalue weighted by atomic mass is 10.2. The number of ketones is 1. The molecule has 0 aromatic carbocycles. The van der Waals surface area contributed by atoms with Crippen molar-refractivity contribution in [2.75, 3.05) is 20.1 Å². The van der Waals surface area contributed by atoms with Gasteiger partial charge in [-0.1, -0.05) is 0 Å². The van der Waals surface area contributed by atoms with E-state index in [4.69, 9.17) is 0 Å². The number of nitrogens with one attached hydrogen (secondary N) is 1. The zero-order chi connectivity index (χ0) is 12.4. The van der Waals surface area contributed by atoms with Crippen molar-refractivity contribution < 1.29 is 9.59 Å². The number of Topliss-reactive ketones (excluding diaryl/α,β-unsaturated/α-hetero) is 1. The lowest BCUT2D eigenvalue weighted by Crippen LogP contribution is -2.37. The molecule has 1 unspecified atom stereocenters. The maximum absolute atomic E-state index is 12.2. The first-order valence-corrected chi connectivity index (χ1v) is 6.55. The van der Waals surface area contributed by atoms with Crippen molar-refractivity contribution in [2.45, 2.75) is 19.4 Å². The molecule has 1 aliphatic heterocycles. The molecule has 0 radical (unpaired) electrons. The van der Waals surface area contributed by atoms with Gasteiger partial charge in [0.05, 0.1) is 4.88 Å². The Morgan fingerprint density at radius 3 is 2.82 bits per heavy atom. The minimum absolute atomic E-state index is 0.00508. The van der Waals surface area contributed by atoms with E-state index in [1.165, 1.54) is 18.3 Å². The molecule has 1 aromatic heterocycles. The van der Waals surface area contributed by atoms with Gasteiger partial charge in [-0.25, -0.2) is 0 Å². The van der Waals surface area contributed by atoms with Crippen LogP contribution in [-0.4, -0.2) is 42.8 Å². The summed E-state index contributed by atoms with van der Waals surface area (Å²) in [7, 11) is 1.83. The van der Waals surface area contributed by atoms with Crippen molar-refractivity contribution in [1.29, 1.82) is 0 Å². The number of hydrogen-bond acceptors (Lipinski definition) is 4. The van der Waals surface area contributed by atoms with Crippen molar-refractivity contribution >= 4 is 23.0 Å². The summed E-state index contributed by atoms with van der Waals surface area (Å²) in [5.74, 6) is 0.0155. The Balaban J connectivity index is 2.09. The SMILES string of the molecule is CC(=O)c1csc(C(=O)N(C)C2CCNC2)c1. The van der Waals surface area contributed by atoms with Gasteiger partial charge in [0.2, 0.25) is 0 Å². The van der Waals surface area contributed by atoms with Gasteiger partial charge in [0, 0.05) is 30.6 Å². The van der Waals surface area contributed by atoms with Crippen LogP contribution in [-0.2, 0) is 0 Å². The normalized spacial score (nSPS) is 19.3. The summed E-state index contributed by atoms with van der Waals surface area (Å²) in [5, 5.41) is 4.98. The summed E-state index contributed by atoms with van der Waals surface area (Å²) < 4.78 is 0. The van der Waals surface area contributed by atoms with Crippen LogP contribution in [0.25, 0.3) is 0 Å². The number of amides is 1. The number of nitrogens with zero attached hydrogens (tertiary/aromatic N) is 1. The summed E-state index contributed by atoms with van der Waals surface area (Å²) in [6.07, 6.45) is 0.993. The average molecular weight is 252 g/mol. The van der Waals surface area contributed by atoms with Crippen LogP contribution in [0.2, 0.25) is 0 Å². The molecule has 0 bridgehead atoms. The summed E-state index contributed by atoms with van der Waals surface area (Å²) in [6, 6.07) is 1.96. The molecular weight excluding hydrogens is 236 g/mol. The van der Waals surface area contributed by atoms with E-state index in [9.17, 15) is 9.59 Å². The third-order valence-corrected chi connectivity index (χ3v) is 4.04. The number of likely N-dealkylation sites (N-methyl/N-ethyl adjacent to an activating group) is 1. The third-order valence-electron chi connectivity index (χ3n) is 3.12. The summed E-state index contributed by atoms with van der Waals surface area (Å²) in [6.45, 7) is 3.33. The van der Waals surface area contributed by atoms with E-state index in [2.05, 4.69) is 5.32 Å². The quantitative estimate of drug-likeness (QED) is 0.827. The van der Waals surface area contributed by atoms with Gasteiger partial charge >= 0.3 is 0 Å². The molecule has 17 heavy (non-hydrogen) atoms. The monoisotopic (exact) mass is 252 g/mol. The smallest absolute Gasteiger partial charge is 0.263 e. The molecule has 0 spiro atoms. The fraction of sp³-hybridized carbons (Fsp3) is 0.500. The van der Waals surface area contributed by atoms with Gasteiger partial charge in [-0.15, -0.1) is 11.3 Å². The van der Waals surface area contributed by atoms with Crippen LogP contribution in [0, 0.1) is 0 Å². The standard InChI is InChI=1S/C12H16N2O2S/c1-8(15)9-5-11(17-7-9)12(16)14(2)10-3-4-13-6-10/h5,7,10,13H,3-4,6H2,1-2H3. The fourth-order valence-corrected chi connectivity index (χ4v) is 2.87.